The first-order valence-electron chi connectivity index (χ1n) is 6.03. The van der Waals surface area contributed by atoms with Gasteiger partial charge < -0.3 is 15.9 Å². The molecule has 0 aromatic heterocycles. The van der Waals surface area contributed by atoms with E-state index in [1.54, 1.807) is 6.07 Å². The van der Waals surface area contributed by atoms with Gasteiger partial charge in [-0.1, -0.05) is 33.8 Å². The number of hydrogen-bond donors (Lipinski definition) is 3. The molecule has 4 N–H and O–H groups in total. The number of hydrogen-bond acceptors (Lipinski definition) is 3. The van der Waals surface area contributed by atoms with Crippen molar-refractivity contribution in [2.45, 2.75) is 45.4 Å². The minimum absolute atomic E-state index is 0.0149. The standard InChI is InChI=1S/C14H23NO2/c1-9(5-6-15)11-7-10(14(2,3)4)8-12(16)13(11)17/h7-9,16-17H,5-6,15H2,1-4H3. The zero-order valence-corrected chi connectivity index (χ0v) is 11.1. The topological polar surface area (TPSA) is 66.5 Å². The van der Waals surface area contributed by atoms with Crippen molar-refractivity contribution in [2.75, 3.05) is 6.54 Å². The fraction of sp³-hybridized carbons (Fsp3) is 0.571. The zero-order valence-electron chi connectivity index (χ0n) is 11.1. The predicted molar refractivity (Wildman–Crippen MR) is 70.6 cm³/mol. The first-order chi connectivity index (χ1) is 7.77. The summed E-state index contributed by atoms with van der Waals surface area (Å²) in [6.07, 6.45) is 0.792. The molecule has 0 bridgehead atoms. The molecule has 0 saturated carbocycles. The maximum Gasteiger partial charge on any atom is 0.160 e. The van der Waals surface area contributed by atoms with Crippen molar-refractivity contribution in [1.29, 1.82) is 0 Å². The predicted octanol–water partition coefficient (Wildman–Crippen LogP) is 2.85. The second-order valence-corrected chi connectivity index (χ2v) is 5.66. The first kappa shape index (κ1) is 13.8. The molecule has 0 fully saturated rings. The maximum atomic E-state index is 9.89. The van der Waals surface area contributed by atoms with Crippen molar-refractivity contribution in [3.63, 3.8) is 0 Å². The highest BCUT2D eigenvalue weighted by atomic mass is 16.3. The fourth-order valence-corrected chi connectivity index (χ4v) is 1.86. The van der Waals surface area contributed by atoms with Gasteiger partial charge in [-0.05, 0) is 35.9 Å². The minimum atomic E-state index is -0.0532. The van der Waals surface area contributed by atoms with Gasteiger partial charge in [-0.3, -0.25) is 0 Å². The van der Waals surface area contributed by atoms with Crippen LogP contribution >= 0.6 is 0 Å². The average molecular weight is 237 g/mol. The number of nitrogens with two attached hydrogens (primary N) is 1. The Morgan fingerprint density at radius 3 is 2.29 bits per heavy atom. The highest BCUT2D eigenvalue weighted by molar-refractivity contribution is 5.50. The molecule has 17 heavy (non-hydrogen) atoms. The molecule has 3 nitrogen and oxygen atoms in total. The molecule has 0 amide bonds. The smallest absolute Gasteiger partial charge is 0.160 e. The van der Waals surface area contributed by atoms with Gasteiger partial charge in [0.05, 0.1) is 0 Å². The SMILES string of the molecule is CC(CCN)c1cc(C(C)(C)C)cc(O)c1O. The summed E-state index contributed by atoms with van der Waals surface area (Å²) in [5, 5.41) is 19.7. The van der Waals surface area contributed by atoms with Gasteiger partial charge in [0.2, 0.25) is 0 Å². The second kappa shape index (κ2) is 4.96. The van der Waals surface area contributed by atoms with Crippen LogP contribution in [0.2, 0.25) is 0 Å². The summed E-state index contributed by atoms with van der Waals surface area (Å²) in [7, 11) is 0. The van der Waals surface area contributed by atoms with E-state index in [4.69, 9.17) is 5.73 Å². The molecule has 1 rings (SSSR count). The lowest BCUT2D eigenvalue weighted by molar-refractivity contribution is 0.393. The van der Waals surface area contributed by atoms with E-state index in [0.29, 0.717) is 6.54 Å². The largest absolute Gasteiger partial charge is 0.504 e. The van der Waals surface area contributed by atoms with Crippen LogP contribution in [0, 0.1) is 0 Å². The van der Waals surface area contributed by atoms with Gasteiger partial charge in [0.1, 0.15) is 0 Å². The van der Waals surface area contributed by atoms with Crippen LogP contribution in [0.1, 0.15) is 51.2 Å². The second-order valence-electron chi connectivity index (χ2n) is 5.66. The van der Waals surface area contributed by atoms with E-state index < -0.39 is 0 Å². The normalized spacial score (nSPS) is 13.7. The molecule has 0 aliphatic rings. The summed E-state index contributed by atoms with van der Waals surface area (Å²) < 4.78 is 0. The lowest BCUT2D eigenvalue weighted by Gasteiger charge is -2.23. The van der Waals surface area contributed by atoms with Crippen molar-refractivity contribution in [3.8, 4) is 11.5 Å². The van der Waals surface area contributed by atoms with Gasteiger partial charge in [0, 0.05) is 5.56 Å². The summed E-state index contributed by atoms with van der Waals surface area (Å²) in [4.78, 5) is 0. The van der Waals surface area contributed by atoms with Crippen molar-refractivity contribution >= 4 is 0 Å². The van der Waals surface area contributed by atoms with Crippen molar-refractivity contribution in [1.82, 2.24) is 0 Å². The van der Waals surface area contributed by atoms with Crippen LogP contribution < -0.4 is 5.73 Å². The monoisotopic (exact) mass is 237 g/mol. The summed E-state index contributed by atoms with van der Waals surface area (Å²) in [5.41, 5.74) is 7.28. The molecule has 0 aliphatic carbocycles. The number of rotatable bonds is 3. The van der Waals surface area contributed by atoms with Crippen LogP contribution in [-0.2, 0) is 5.41 Å². The molecule has 1 aromatic rings. The zero-order chi connectivity index (χ0) is 13.2. The number of aromatic hydroxyl groups is 2. The molecule has 3 heteroatoms. The van der Waals surface area contributed by atoms with E-state index in [0.717, 1.165) is 17.5 Å². The summed E-state index contributed by atoms with van der Waals surface area (Å²) in [6, 6.07) is 3.60. The van der Waals surface area contributed by atoms with Gasteiger partial charge in [0.25, 0.3) is 0 Å². The first-order valence-corrected chi connectivity index (χ1v) is 6.03. The Morgan fingerprint density at radius 1 is 1.24 bits per heavy atom. The van der Waals surface area contributed by atoms with E-state index in [1.165, 1.54) is 0 Å². The molecule has 0 aliphatic heterocycles. The van der Waals surface area contributed by atoms with Crippen LogP contribution in [0.3, 0.4) is 0 Å². The van der Waals surface area contributed by atoms with E-state index in [1.807, 2.05) is 13.0 Å². The van der Waals surface area contributed by atoms with Crippen LogP contribution in [0.25, 0.3) is 0 Å². The lowest BCUT2D eigenvalue weighted by Crippen LogP contribution is -2.12. The molecular formula is C14H23NO2. The molecule has 1 unspecified atom stereocenters. The Balaban J connectivity index is 3.25. The summed E-state index contributed by atoms with van der Waals surface area (Å²) >= 11 is 0. The van der Waals surface area contributed by atoms with Gasteiger partial charge in [0.15, 0.2) is 11.5 Å². The molecule has 0 heterocycles. The van der Waals surface area contributed by atoms with Crippen LogP contribution in [0.15, 0.2) is 12.1 Å². The van der Waals surface area contributed by atoms with Crippen LogP contribution in [-0.4, -0.2) is 16.8 Å². The molecule has 0 spiro atoms. The third-order valence-corrected chi connectivity index (χ3v) is 3.12. The molecular weight excluding hydrogens is 214 g/mol. The molecule has 1 aromatic carbocycles. The van der Waals surface area contributed by atoms with Gasteiger partial charge in [-0.25, -0.2) is 0 Å². The molecule has 1 atom stereocenters. The van der Waals surface area contributed by atoms with Crippen LogP contribution in [0.4, 0.5) is 0 Å². The maximum absolute atomic E-state index is 9.89. The van der Waals surface area contributed by atoms with Crippen molar-refractivity contribution in [2.24, 2.45) is 5.73 Å². The Kier molecular flexibility index (Phi) is 4.04. The third-order valence-electron chi connectivity index (χ3n) is 3.12. The van der Waals surface area contributed by atoms with Crippen LogP contribution in [0.5, 0.6) is 11.5 Å². The van der Waals surface area contributed by atoms with Crippen molar-refractivity contribution in [3.05, 3.63) is 23.3 Å². The number of benzene rings is 1. The third kappa shape index (κ3) is 3.13. The molecule has 96 valence electrons. The highest BCUT2D eigenvalue weighted by Crippen LogP contribution is 2.39. The fourth-order valence-electron chi connectivity index (χ4n) is 1.86. The minimum Gasteiger partial charge on any atom is -0.504 e. The van der Waals surface area contributed by atoms with Gasteiger partial charge in [-0.2, -0.15) is 0 Å². The van der Waals surface area contributed by atoms with E-state index in [2.05, 4.69) is 20.8 Å². The van der Waals surface area contributed by atoms with E-state index in [9.17, 15) is 10.2 Å². The average Bonchev–Trinajstić information content (AvgIpc) is 2.20. The Hall–Kier alpha value is -1.22. The van der Waals surface area contributed by atoms with E-state index >= 15 is 0 Å². The summed E-state index contributed by atoms with van der Waals surface area (Å²) in [5.74, 6) is 0.0865. The summed E-state index contributed by atoms with van der Waals surface area (Å²) in [6.45, 7) is 8.82. The Morgan fingerprint density at radius 2 is 1.82 bits per heavy atom. The quantitative estimate of drug-likeness (QED) is 0.708. The number of phenolic OH excluding ortho intramolecular Hbond substituents is 2. The lowest BCUT2D eigenvalue weighted by atomic mass is 9.83. The molecule has 0 radical (unpaired) electrons. The number of phenols is 2. The van der Waals surface area contributed by atoms with Crippen molar-refractivity contribution < 1.29 is 10.2 Å². The van der Waals surface area contributed by atoms with Gasteiger partial charge >= 0.3 is 0 Å². The Labute approximate surface area is 103 Å². The highest BCUT2D eigenvalue weighted by Gasteiger charge is 2.20. The Bertz CT molecular complexity index is 394. The molecule has 0 saturated heterocycles. The van der Waals surface area contributed by atoms with Gasteiger partial charge in [-0.15, -0.1) is 0 Å². The van der Waals surface area contributed by atoms with E-state index in [-0.39, 0.29) is 22.8 Å².